The molecule has 0 aliphatic heterocycles. The summed E-state index contributed by atoms with van der Waals surface area (Å²) in [6.07, 6.45) is 3.11. The van der Waals surface area contributed by atoms with E-state index in [1.807, 2.05) is 0 Å². The van der Waals surface area contributed by atoms with Crippen LogP contribution in [0.5, 0.6) is 11.5 Å². The lowest BCUT2D eigenvalue weighted by Crippen LogP contribution is -2.33. The predicted molar refractivity (Wildman–Crippen MR) is 115 cm³/mol. The second kappa shape index (κ2) is 11.1. The summed E-state index contributed by atoms with van der Waals surface area (Å²) in [4.78, 5) is 12.4. The van der Waals surface area contributed by atoms with Crippen molar-refractivity contribution < 1.29 is 32.6 Å². The van der Waals surface area contributed by atoms with Crippen molar-refractivity contribution in [1.29, 1.82) is 0 Å². The molecule has 1 fully saturated rings. The molecule has 2 aromatic carbocycles. The highest BCUT2D eigenvalue weighted by Crippen LogP contribution is 2.32. The largest absolute Gasteiger partial charge is 0.497 e. The van der Waals surface area contributed by atoms with Gasteiger partial charge < -0.3 is 14.8 Å². The Morgan fingerprint density at radius 1 is 1.12 bits per heavy atom. The van der Waals surface area contributed by atoms with Crippen molar-refractivity contribution in [2.24, 2.45) is 11.8 Å². The summed E-state index contributed by atoms with van der Waals surface area (Å²) in [5.41, 5.74) is 2.52. The Balaban J connectivity index is 1.59. The summed E-state index contributed by atoms with van der Waals surface area (Å²) in [6, 6.07) is 7.26. The molecule has 33 heavy (non-hydrogen) atoms. The van der Waals surface area contributed by atoms with Crippen LogP contribution in [0.15, 0.2) is 42.6 Å². The van der Waals surface area contributed by atoms with E-state index in [1.165, 1.54) is 7.11 Å². The monoisotopic (exact) mass is 464 g/mol. The minimum absolute atomic E-state index is 0.140. The third-order valence-corrected chi connectivity index (χ3v) is 5.94. The molecule has 0 spiro atoms. The molecular formula is C24H27F3N2O4. The van der Waals surface area contributed by atoms with Gasteiger partial charge in [0.2, 0.25) is 5.82 Å². The molecule has 1 amide bonds. The Kier molecular flexibility index (Phi) is 8.21. The topological polar surface area (TPSA) is 79.8 Å². The number of halogens is 3. The lowest BCUT2D eigenvalue weighted by atomic mass is 9.81. The fourth-order valence-corrected chi connectivity index (χ4v) is 3.89. The van der Waals surface area contributed by atoms with Crippen molar-refractivity contribution in [2.45, 2.75) is 32.3 Å². The minimum atomic E-state index is -1.55. The Labute approximate surface area is 190 Å². The first-order chi connectivity index (χ1) is 15.8. The van der Waals surface area contributed by atoms with Crippen molar-refractivity contribution in [3.63, 3.8) is 0 Å². The fraction of sp³-hybridized carbons (Fsp3) is 0.375. The third kappa shape index (κ3) is 5.98. The summed E-state index contributed by atoms with van der Waals surface area (Å²) in [6.45, 7) is 3.81. The fourth-order valence-electron chi connectivity index (χ4n) is 3.89. The molecule has 0 heterocycles. The van der Waals surface area contributed by atoms with Gasteiger partial charge in [0.1, 0.15) is 12.4 Å². The number of hydrogen-bond donors (Lipinski definition) is 3. The molecule has 2 aromatic rings. The van der Waals surface area contributed by atoms with Crippen LogP contribution in [0.3, 0.4) is 0 Å². The maximum Gasteiger partial charge on any atom is 0.254 e. The van der Waals surface area contributed by atoms with Gasteiger partial charge in [-0.2, -0.15) is 4.39 Å². The molecule has 3 rings (SSSR count). The molecule has 3 N–H and O–H groups in total. The molecule has 1 saturated carbocycles. The van der Waals surface area contributed by atoms with Gasteiger partial charge in [0, 0.05) is 18.2 Å². The average Bonchev–Trinajstić information content (AvgIpc) is 2.84. The van der Waals surface area contributed by atoms with Gasteiger partial charge in [-0.15, -0.1) is 0 Å². The number of benzene rings is 2. The number of carbonyl (C=O) groups excluding carboxylic acids is 1. The molecule has 0 atom stereocenters. The van der Waals surface area contributed by atoms with E-state index in [0.717, 1.165) is 25.7 Å². The van der Waals surface area contributed by atoms with Gasteiger partial charge in [-0.05, 0) is 55.4 Å². The zero-order chi connectivity index (χ0) is 24.0. The Bertz CT molecular complexity index is 990. The van der Waals surface area contributed by atoms with Gasteiger partial charge in [0.05, 0.1) is 12.7 Å². The van der Waals surface area contributed by atoms with Crippen molar-refractivity contribution in [2.75, 3.05) is 13.7 Å². The molecular weight excluding hydrogens is 437 g/mol. The van der Waals surface area contributed by atoms with Crippen molar-refractivity contribution in [3.8, 4) is 11.5 Å². The summed E-state index contributed by atoms with van der Waals surface area (Å²) in [5, 5.41) is 11.5. The van der Waals surface area contributed by atoms with Gasteiger partial charge in [-0.1, -0.05) is 18.7 Å². The number of rotatable bonds is 9. The predicted octanol–water partition coefficient (Wildman–Crippen LogP) is 4.72. The van der Waals surface area contributed by atoms with E-state index in [4.69, 9.17) is 14.7 Å². The maximum atomic E-state index is 14.5. The van der Waals surface area contributed by atoms with E-state index in [1.54, 1.807) is 24.3 Å². The first-order valence-electron chi connectivity index (χ1n) is 10.6. The highest BCUT2D eigenvalue weighted by molar-refractivity contribution is 5.94. The highest BCUT2D eigenvalue weighted by atomic mass is 19.2. The molecule has 0 unspecified atom stereocenters. The SMILES string of the molecule is C=C(NO)[C@H]1CC[C@H](CNC(=O)c2cc(F)c(OCc3ccc(OC)cc3)c(F)c2F)CC1. The summed E-state index contributed by atoms with van der Waals surface area (Å²) in [5.74, 6) is -5.06. The molecule has 0 saturated heterocycles. The van der Waals surface area contributed by atoms with Crippen LogP contribution in [-0.4, -0.2) is 24.8 Å². The number of methoxy groups -OCH3 is 1. The molecule has 6 nitrogen and oxygen atoms in total. The summed E-state index contributed by atoms with van der Waals surface area (Å²) < 4.78 is 53.6. The van der Waals surface area contributed by atoms with E-state index in [9.17, 15) is 18.0 Å². The number of nitrogens with one attached hydrogen (secondary N) is 2. The molecule has 0 radical (unpaired) electrons. The van der Waals surface area contributed by atoms with E-state index in [-0.39, 0.29) is 25.0 Å². The van der Waals surface area contributed by atoms with E-state index in [2.05, 4.69) is 17.4 Å². The van der Waals surface area contributed by atoms with Gasteiger partial charge >= 0.3 is 0 Å². The molecule has 1 aliphatic carbocycles. The lowest BCUT2D eigenvalue weighted by molar-refractivity contribution is 0.0935. The van der Waals surface area contributed by atoms with Crippen molar-refractivity contribution in [1.82, 2.24) is 10.8 Å². The van der Waals surface area contributed by atoms with E-state index >= 15 is 0 Å². The Morgan fingerprint density at radius 3 is 2.39 bits per heavy atom. The molecule has 0 bridgehead atoms. The van der Waals surface area contributed by atoms with Crippen LogP contribution in [0.25, 0.3) is 0 Å². The van der Waals surface area contributed by atoms with Crippen molar-refractivity contribution in [3.05, 3.63) is 71.2 Å². The first-order valence-corrected chi connectivity index (χ1v) is 10.6. The number of hydrogen-bond acceptors (Lipinski definition) is 5. The van der Waals surface area contributed by atoms with Crippen LogP contribution < -0.4 is 20.3 Å². The molecule has 178 valence electrons. The number of allylic oxidation sites excluding steroid dienone is 1. The van der Waals surface area contributed by atoms with E-state index < -0.39 is 34.7 Å². The second-order valence-electron chi connectivity index (χ2n) is 8.06. The Hall–Kier alpha value is -3.20. The molecule has 0 aromatic heterocycles. The van der Waals surface area contributed by atoms with Gasteiger partial charge in [-0.3, -0.25) is 15.5 Å². The standard InChI is InChI=1S/C24H27F3N2O4/c1-14(29-31)17-7-3-15(4-8-17)12-28-24(30)19-11-20(25)23(22(27)21(19)26)33-13-16-5-9-18(32-2)10-6-16/h5-6,9-11,15,17,29,31H,1,3-4,7-8,12-13H2,2H3,(H,28,30)/t15-,17-. The van der Waals surface area contributed by atoms with Crippen LogP contribution in [-0.2, 0) is 6.61 Å². The number of hydroxylamine groups is 1. The summed E-state index contributed by atoms with van der Waals surface area (Å²) in [7, 11) is 1.51. The zero-order valence-corrected chi connectivity index (χ0v) is 18.3. The number of ether oxygens (including phenoxy) is 2. The van der Waals surface area contributed by atoms with Gasteiger partial charge in [0.25, 0.3) is 5.91 Å². The average molecular weight is 464 g/mol. The molecule has 9 heteroatoms. The van der Waals surface area contributed by atoms with Gasteiger partial charge in [-0.25, -0.2) is 8.78 Å². The van der Waals surface area contributed by atoms with E-state index in [0.29, 0.717) is 23.1 Å². The van der Waals surface area contributed by atoms with Crippen LogP contribution in [0.4, 0.5) is 13.2 Å². The van der Waals surface area contributed by atoms with Crippen LogP contribution >= 0.6 is 0 Å². The van der Waals surface area contributed by atoms with Crippen LogP contribution in [0.1, 0.15) is 41.6 Å². The zero-order valence-electron chi connectivity index (χ0n) is 18.3. The number of amides is 1. The van der Waals surface area contributed by atoms with Crippen LogP contribution in [0, 0.1) is 29.3 Å². The summed E-state index contributed by atoms with van der Waals surface area (Å²) >= 11 is 0. The minimum Gasteiger partial charge on any atom is -0.497 e. The van der Waals surface area contributed by atoms with Crippen molar-refractivity contribution >= 4 is 5.91 Å². The Morgan fingerprint density at radius 2 is 1.79 bits per heavy atom. The maximum absolute atomic E-state index is 14.5. The van der Waals surface area contributed by atoms with Gasteiger partial charge in [0.15, 0.2) is 17.4 Å². The quantitative estimate of drug-likeness (QED) is 0.370. The lowest BCUT2D eigenvalue weighted by Gasteiger charge is -2.29. The second-order valence-corrected chi connectivity index (χ2v) is 8.06. The first kappa shape index (κ1) is 24.4. The smallest absolute Gasteiger partial charge is 0.254 e. The van der Waals surface area contributed by atoms with Crippen LogP contribution in [0.2, 0.25) is 0 Å². The highest BCUT2D eigenvalue weighted by Gasteiger charge is 2.26. The normalized spacial score (nSPS) is 17.8. The number of carbonyl (C=O) groups is 1. The third-order valence-electron chi connectivity index (χ3n) is 5.94. The molecule has 1 aliphatic rings.